The summed E-state index contributed by atoms with van der Waals surface area (Å²) >= 11 is 0. The first kappa shape index (κ1) is 17.7. The fraction of sp³-hybridized carbons (Fsp3) is 0.222. The Hall–Kier alpha value is -2.12. The van der Waals surface area contributed by atoms with Gasteiger partial charge in [0.1, 0.15) is 0 Å². The number of hydrogen-bond acceptors (Lipinski definition) is 4. The zero-order valence-electron chi connectivity index (χ0n) is 14.0. The second-order valence-electron chi connectivity index (χ2n) is 6.11. The van der Waals surface area contributed by atoms with Crippen molar-refractivity contribution in [3.8, 4) is 0 Å². The Balaban J connectivity index is 2.16. The molecule has 0 aromatic heterocycles. The Labute approximate surface area is 148 Å². The Kier molecular flexibility index (Phi) is 4.47. The molecule has 0 aliphatic carbocycles. The van der Waals surface area contributed by atoms with Crippen LogP contribution in [0.5, 0.6) is 0 Å². The predicted octanol–water partition coefficient (Wildman–Crippen LogP) is 2.81. The molecule has 25 heavy (non-hydrogen) atoms. The molecule has 0 N–H and O–H groups in total. The fourth-order valence-corrected chi connectivity index (χ4v) is 5.77. The van der Waals surface area contributed by atoms with E-state index in [9.17, 15) is 16.8 Å². The van der Waals surface area contributed by atoms with E-state index in [0.717, 1.165) is 16.5 Å². The van der Waals surface area contributed by atoms with Crippen LogP contribution in [0.3, 0.4) is 0 Å². The number of nitrogens with zero attached hydrogens (tertiary/aromatic N) is 1. The topological polar surface area (TPSA) is 71.5 Å². The summed E-state index contributed by atoms with van der Waals surface area (Å²) in [6.45, 7) is 3.84. The van der Waals surface area contributed by atoms with Crippen molar-refractivity contribution in [1.29, 1.82) is 0 Å². The summed E-state index contributed by atoms with van der Waals surface area (Å²) in [7, 11) is -7.30. The Bertz CT molecular complexity index is 1030. The van der Waals surface area contributed by atoms with Crippen LogP contribution in [0, 0.1) is 13.8 Å². The average Bonchev–Trinajstić information content (AvgIpc) is 2.91. The molecule has 3 rings (SSSR count). The Morgan fingerprint density at radius 3 is 2.24 bits per heavy atom. The van der Waals surface area contributed by atoms with Crippen molar-refractivity contribution in [1.82, 2.24) is 0 Å². The van der Waals surface area contributed by atoms with E-state index in [1.54, 1.807) is 30.3 Å². The van der Waals surface area contributed by atoms with Gasteiger partial charge in [0.15, 0.2) is 9.84 Å². The molecule has 5 nitrogen and oxygen atoms in total. The number of rotatable bonds is 4. The van der Waals surface area contributed by atoms with Crippen LogP contribution in [0.4, 0.5) is 5.69 Å². The SMILES string of the molecule is Cc1ccc(N([C@@H]2C=CS(=O)(=O)C2)S(=O)(=O)c2ccccc2)cc1C. The summed E-state index contributed by atoms with van der Waals surface area (Å²) < 4.78 is 51.4. The van der Waals surface area contributed by atoms with Gasteiger partial charge >= 0.3 is 0 Å². The van der Waals surface area contributed by atoms with Crippen LogP contribution in [0.2, 0.25) is 0 Å². The maximum atomic E-state index is 13.2. The molecule has 0 fully saturated rings. The number of benzene rings is 2. The lowest BCUT2D eigenvalue weighted by molar-refractivity contribution is 0.586. The summed E-state index contributed by atoms with van der Waals surface area (Å²) in [4.78, 5) is 0.130. The summed E-state index contributed by atoms with van der Waals surface area (Å²) in [6, 6.07) is 12.6. The monoisotopic (exact) mass is 377 g/mol. The van der Waals surface area contributed by atoms with E-state index in [0.29, 0.717) is 5.69 Å². The molecule has 0 radical (unpaired) electrons. The molecular weight excluding hydrogens is 358 g/mol. The molecule has 0 bridgehead atoms. The van der Waals surface area contributed by atoms with E-state index in [1.165, 1.54) is 22.5 Å². The van der Waals surface area contributed by atoms with Crippen LogP contribution in [0.25, 0.3) is 0 Å². The summed E-state index contributed by atoms with van der Waals surface area (Å²) in [5, 5.41) is 1.09. The smallest absolute Gasteiger partial charge is 0.258 e. The van der Waals surface area contributed by atoms with E-state index >= 15 is 0 Å². The zero-order valence-corrected chi connectivity index (χ0v) is 15.6. The van der Waals surface area contributed by atoms with Gasteiger partial charge in [-0.2, -0.15) is 0 Å². The highest BCUT2D eigenvalue weighted by Crippen LogP contribution is 2.30. The van der Waals surface area contributed by atoms with Crippen LogP contribution in [-0.2, 0) is 19.9 Å². The average molecular weight is 377 g/mol. The van der Waals surface area contributed by atoms with Gasteiger partial charge in [-0.05, 0) is 55.3 Å². The molecule has 0 saturated heterocycles. The first-order valence-corrected chi connectivity index (χ1v) is 10.9. The highest BCUT2D eigenvalue weighted by Gasteiger charge is 2.35. The molecule has 0 amide bonds. The minimum Gasteiger partial charge on any atom is -0.258 e. The molecule has 2 aromatic carbocycles. The molecule has 0 unspecified atom stereocenters. The molecule has 0 saturated carbocycles. The molecule has 1 aliphatic heterocycles. The highest BCUT2D eigenvalue weighted by atomic mass is 32.2. The second-order valence-corrected chi connectivity index (χ2v) is 9.85. The van der Waals surface area contributed by atoms with Crippen molar-refractivity contribution in [3.63, 3.8) is 0 Å². The fourth-order valence-electron chi connectivity index (χ4n) is 2.78. The minimum atomic E-state index is -3.90. The van der Waals surface area contributed by atoms with E-state index in [-0.39, 0.29) is 10.6 Å². The molecular formula is C18H19NO4S2. The second kappa shape index (κ2) is 6.31. The number of aryl methyl sites for hydroxylation is 2. The normalized spacial score (nSPS) is 19.0. The van der Waals surface area contributed by atoms with Gasteiger partial charge in [-0.1, -0.05) is 24.3 Å². The zero-order chi connectivity index (χ0) is 18.2. The number of sulfonamides is 1. The molecule has 132 valence electrons. The highest BCUT2D eigenvalue weighted by molar-refractivity contribution is 7.95. The number of sulfone groups is 1. The maximum absolute atomic E-state index is 13.2. The minimum absolute atomic E-state index is 0.130. The van der Waals surface area contributed by atoms with Gasteiger partial charge in [0, 0.05) is 5.41 Å². The molecule has 0 spiro atoms. The first-order valence-electron chi connectivity index (χ1n) is 7.78. The summed E-state index contributed by atoms with van der Waals surface area (Å²) in [6.07, 6.45) is 1.44. The van der Waals surface area contributed by atoms with Crippen molar-refractivity contribution in [2.45, 2.75) is 24.8 Å². The third-order valence-corrected chi connectivity index (χ3v) is 7.50. The lowest BCUT2D eigenvalue weighted by Crippen LogP contribution is -2.41. The van der Waals surface area contributed by atoms with Crippen molar-refractivity contribution in [3.05, 3.63) is 71.1 Å². The van der Waals surface area contributed by atoms with E-state index in [4.69, 9.17) is 0 Å². The van der Waals surface area contributed by atoms with Gasteiger partial charge in [0.2, 0.25) is 0 Å². The van der Waals surface area contributed by atoms with Crippen LogP contribution in [0.15, 0.2) is 64.9 Å². The van der Waals surface area contributed by atoms with Gasteiger partial charge < -0.3 is 0 Å². The number of anilines is 1. The van der Waals surface area contributed by atoms with Gasteiger partial charge in [-0.3, -0.25) is 4.31 Å². The van der Waals surface area contributed by atoms with Gasteiger partial charge in [0.05, 0.1) is 22.4 Å². The third kappa shape index (κ3) is 3.48. The first-order chi connectivity index (χ1) is 11.7. The third-order valence-electron chi connectivity index (χ3n) is 4.26. The van der Waals surface area contributed by atoms with Gasteiger partial charge in [-0.15, -0.1) is 0 Å². The molecule has 1 heterocycles. The van der Waals surface area contributed by atoms with Crippen molar-refractivity contribution < 1.29 is 16.8 Å². The van der Waals surface area contributed by atoms with Gasteiger partial charge in [-0.25, -0.2) is 16.8 Å². The lowest BCUT2D eigenvalue weighted by atomic mass is 10.1. The molecule has 7 heteroatoms. The van der Waals surface area contributed by atoms with E-state index in [2.05, 4.69) is 0 Å². The quantitative estimate of drug-likeness (QED) is 0.821. The molecule has 2 aromatic rings. The maximum Gasteiger partial charge on any atom is 0.264 e. The van der Waals surface area contributed by atoms with E-state index < -0.39 is 25.9 Å². The van der Waals surface area contributed by atoms with Crippen molar-refractivity contribution >= 4 is 25.5 Å². The van der Waals surface area contributed by atoms with Crippen molar-refractivity contribution in [2.75, 3.05) is 10.1 Å². The largest absolute Gasteiger partial charge is 0.264 e. The molecule has 1 aliphatic rings. The van der Waals surface area contributed by atoms with Crippen LogP contribution in [-0.4, -0.2) is 28.6 Å². The lowest BCUT2D eigenvalue weighted by Gasteiger charge is -2.29. The molecule has 1 atom stereocenters. The van der Waals surface area contributed by atoms with Crippen LogP contribution >= 0.6 is 0 Å². The Morgan fingerprint density at radius 1 is 1.00 bits per heavy atom. The van der Waals surface area contributed by atoms with Crippen LogP contribution in [0.1, 0.15) is 11.1 Å². The van der Waals surface area contributed by atoms with E-state index in [1.807, 2.05) is 19.9 Å². The summed E-state index contributed by atoms with van der Waals surface area (Å²) in [5.41, 5.74) is 2.43. The number of hydrogen-bond donors (Lipinski definition) is 0. The Morgan fingerprint density at radius 2 is 1.68 bits per heavy atom. The van der Waals surface area contributed by atoms with Gasteiger partial charge in [0.25, 0.3) is 10.0 Å². The standard InChI is InChI=1S/C18H19NO4S2/c1-14-8-9-16(12-15(14)2)19(17-10-11-24(20,21)13-17)25(22,23)18-6-4-3-5-7-18/h3-12,17H,13H2,1-2H3/t17-/m1/s1. The van der Waals surface area contributed by atoms with Crippen LogP contribution < -0.4 is 4.31 Å². The summed E-state index contributed by atoms with van der Waals surface area (Å²) in [5.74, 6) is -0.258. The predicted molar refractivity (Wildman–Crippen MR) is 98.7 cm³/mol. The van der Waals surface area contributed by atoms with Crippen molar-refractivity contribution in [2.24, 2.45) is 0 Å².